The molecule has 4 aromatic carbocycles. The fourth-order valence-electron chi connectivity index (χ4n) is 3.55. The van der Waals surface area contributed by atoms with E-state index >= 15 is 0 Å². The number of halogens is 3. The van der Waals surface area contributed by atoms with Crippen LogP contribution in [-0.2, 0) is 4.79 Å². The summed E-state index contributed by atoms with van der Waals surface area (Å²) in [6.45, 7) is 0. The highest BCUT2D eigenvalue weighted by molar-refractivity contribution is 9.10. The molecule has 0 bridgehead atoms. The lowest BCUT2D eigenvalue weighted by atomic mass is 10.1. The number of rotatable bonds is 8. The van der Waals surface area contributed by atoms with Gasteiger partial charge in [0.1, 0.15) is 5.70 Å². The van der Waals surface area contributed by atoms with Crippen molar-refractivity contribution in [3.05, 3.63) is 146 Å². The van der Waals surface area contributed by atoms with Crippen molar-refractivity contribution in [1.29, 1.82) is 0 Å². The minimum Gasteiger partial charge on any atom is -0.321 e. The van der Waals surface area contributed by atoms with Crippen LogP contribution in [0.4, 0.5) is 5.69 Å². The van der Waals surface area contributed by atoms with E-state index in [1.54, 1.807) is 84.9 Å². The number of anilines is 1. The summed E-state index contributed by atoms with van der Waals surface area (Å²) in [5.74, 6) is -1.20. The van der Waals surface area contributed by atoms with Gasteiger partial charge in [0, 0.05) is 36.9 Å². The van der Waals surface area contributed by atoms with Crippen molar-refractivity contribution in [2.24, 2.45) is 0 Å². The summed E-state index contributed by atoms with van der Waals surface area (Å²) in [7, 11) is 0. The first kappa shape index (κ1) is 28.0. The third-order valence-corrected chi connectivity index (χ3v) is 6.67. The Balaban J connectivity index is 1.50. The molecule has 2 N–H and O–H groups in total. The number of carbonyl (C=O) groups is 3. The summed E-state index contributed by atoms with van der Waals surface area (Å²) >= 11 is 15.7. The van der Waals surface area contributed by atoms with Crippen LogP contribution in [0.3, 0.4) is 0 Å². The molecular weight excluding hydrogens is 599 g/mol. The monoisotopic (exact) mass is 618 g/mol. The van der Waals surface area contributed by atoms with Crippen molar-refractivity contribution in [3.63, 3.8) is 0 Å². The first-order valence-electron chi connectivity index (χ1n) is 11.7. The minimum absolute atomic E-state index is 0.0571. The fourth-order valence-corrected chi connectivity index (χ4v) is 4.49. The van der Waals surface area contributed by atoms with Crippen LogP contribution in [0.15, 0.2) is 113 Å². The summed E-state index contributed by atoms with van der Waals surface area (Å²) in [6, 6.07) is 27.5. The number of carbonyl (C=O) groups excluding carboxylic acids is 3. The Bertz CT molecular complexity index is 1560. The van der Waals surface area contributed by atoms with Crippen LogP contribution in [0.1, 0.15) is 31.8 Å². The van der Waals surface area contributed by atoms with E-state index in [0.717, 1.165) is 4.47 Å². The van der Waals surface area contributed by atoms with Gasteiger partial charge in [0.15, 0.2) is 5.78 Å². The van der Waals surface area contributed by atoms with Gasteiger partial charge in [-0.25, -0.2) is 0 Å². The van der Waals surface area contributed by atoms with Crippen LogP contribution in [0.25, 0.3) is 12.2 Å². The van der Waals surface area contributed by atoms with Gasteiger partial charge in [-0.05, 0) is 84.5 Å². The molecule has 0 saturated carbocycles. The molecule has 0 saturated heterocycles. The van der Waals surface area contributed by atoms with Crippen LogP contribution in [-0.4, -0.2) is 17.6 Å². The molecule has 39 heavy (non-hydrogen) atoms. The maximum absolute atomic E-state index is 13.2. The molecule has 0 unspecified atom stereocenters. The fraction of sp³-hybridized carbons (Fsp3) is 0. The smallest absolute Gasteiger partial charge is 0.272 e. The molecule has 0 aliphatic carbocycles. The summed E-state index contributed by atoms with van der Waals surface area (Å²) in [5.41, 5.74) is 2.61. The van der Waals surface area contributed by atoms with Crippen molar-refractivity contribution in [2.75, 3.05) is 5.32 Å². The minimum atomic E-state index is -0.522. The van der Waals surface area contributed by atoms with E-state index in [0.29, 0.717) is 38.0 Å². The zero-order chi connectivity index (χ0) is 27.8. The van der Waals surface area contributed by atoms with E-state index in [2.05, 4.69) is 26.6 Å². The van der Waals surface area contributed by atoms with Crippen molar-refractivity contribution >= 4 is 74.6 Å². The first-order valence-corrected chi connectivity index (χ1v) is 13.3. The Morgan fingerprint density at radius 2 is 1.41 bits per heavy atom. The third kappa shape index (κ3) is 7.77. The van der Waals surface area contributed by atoms with Gasteiger partial charge in [0.05, 0.1) is 0 Å². The second kappa shape index (κ2) is 13.2. The SMILES string of the molecule is O=C(Nc1ccc(C(=O)/C=C/c2c(Cl)cccc2Cl)cc1)/C(=C/c1cccc(Br)c1)NC(=O)c1ccccc1. The second-order valence-corrected chi connectivity index (χ2v) is 10.0. The number of benzene rings is 4. The molecule has 0 atom stereocenters. The molecule has 4 rings (SSSR count). The topological polar surface area (TPSA) is 75.3 Å². The highest BCUT2D eigenvalue weighted by Gasteiger charge is 2.15. The average molecular weight is 620 g/mol. The van der Waals surface area contributed by atoms with Crippen molar-refractivity contribution in [2.45, 2.75) is 0 Å². The quantitative estimate of drug-likeness (QED) is 0.155. The highest BCUT2D eigenvalue weighted by atomic mass is 79.9. The Hall–Kier alpha value is -3.97. The van der Waals surface area contributed by atoms with Gasteiger partial charge in [0.25, 0.3) is 11.8 Å². The molecule has 5 nitrogen and oxygen atoms in total. The molecule has 0 spiro atoms. The lowest BCUT2D eigenvalue weighted by Crippen LogP contribution is -2.30. The van der Waals surface area contributed by atoms with Crippen LogP contribution in [0, 0.1) is 0 Å². The zero-order valence-corrected chi connectivity index (χ0v) is 23.4. The predicted octanol–water partition coefficient (Wildman–Crippen LogP) is 8.06. The van der Waals surface area contributed by atoms with Crippen LogP contribution < -0.4 is 10.6 Å². The Labute approximate surface area is 244 Å². The van der Waals surface area contributed by atoms with E-state index in [1.807, 2.05) is 24.3 Å². The number of hydrogen-bond donors (Lipinski definition) is 2. The normalized spacial score (nSPS) is 11.3. The molecular formula is C31H21BrCl2N2O3. The third-order valence-electron chi connectivity index (χ3n) is 5.52. The van der Waals surface area contributed by atoms with E-state index in [1.165, 1.54) is 6.08 Å². The Kier molecular flexibility index (Phi) is 9.49. The zero-order valence-electron chi connectivity index (χ0n) is 20.3. The Morgan fingerprint density at radius 3 is 2.08 bits per heavy atom. The summed E-state index contributed by atoms with van der Waals surface area (Å²) in [4.78, 5) is 38.6. The maximum atomic E-state index is 13.2. The molecule has 0 aromatic heterocycles. The largest absolute Gasteiger partial charge is 0.321 e. The van der Waals surface area contributed by atoms with Crippen LogP contribution in [0.5, 0.6) is 0 Å². The van der Waals surface area contributed by atoms with Gasteiger partial charge in [-0.1, -0.05) is 75.5 Å². The molecule has 0 aliphatic rings. The number of hydrogen-bond acceptors (Lipinski definition) is 3. The van der Waals surface area contributed by atoms with Crippen LogP contribution in [0.2, 0.25) is 10.0 Å². The molecule has 194 valence electrons. The number of amides is 2. The van der Waals surface area contributed by atoms with Gasteiger partial charge in [0.2, 0.25) is 0 Å². The Morgan fingerprint density at radius 1 is 0.744 bits per heavy atom. The number of nitrogens with one attached hydrogen (secondary N) is 2. The summed E-state index contributed by atoms with van der Waals surface area (Å²) in [6.07, 6.45) is 4.54. The maximum Gasteiger partial charge on any atom is 0.272 e. The predicted molar refractivity (Wildman–Crippen MR) is 161 cm³/mol. The van der Waals surface area contributed by atoms with Crippen LogP contribution >= 0.6 is 39.1 Å². The van der Waals surface area contributed by atoms with Crippen molar-refractivity contribution in [1.82, 2.24) is 5.32 Å². The van der Waals surface area contributed by atoms with Gasteiger partial charge in [-0.15, -0.1) is 0 Å². The van der Waals surface area contributed by atoms with E-state index < -0.39 is 11.8 Å². The van der Waals surface area contributed by atoms with E-state index in [-0.39, 0.29) is 11.5 Å². The van der Waals surface area contributed by atoms with E-state index in [4.69, 9.17) is 23.2 Å². The van der Waals surface area contributed by atoms with Crippen molar-refractivity contribution < 1.29 is 14.4 Å². The van der Waals surface area contributed by atoms with Crippen molar-refractivity contribution in [3.8, 4) is 0 Å². The first-order chi connectivity index (χ1) is 18.8. The lowest BCUT2D eigenvalue weighted by molar-refractivity contribution is -0.113. The molecule has 2 amide bonds. The molecule has 0 radical (unpaired) electrons. The number of allylic oxidation sites excluding steroid dienone is 1. The molecule has 0 heterocycles. The van der Waals surface area contributed by atoms with Gasteiger partial charge in [-0.2, -0.15) is 0 Å². The summed E-state index contributed by atoms with van der Waals surface area (Å²) in [5, 5.41) is 6.36. The lowest BCUT2D eigenvalue weighted by Gasteiger charge is -2.12. The van der Waals surface area contributed by atoms with Gasteiger partial charge < -0.3 is 10.6 Å². The van der Waals surface area contributed by atoms with E-state index in [9.17, 15) is 14.4 Å². The summed E-state index contributed by atoms with van der Waals surface area (Å²) < 4.78 is 0.830. The average Bonchev–Trinajstić information content (AvgIpc) is 2.93. The van der Waals surface area contributed by atoms with Gasteiger partial charge in [-0.3, -0.25) is 14.4 Å². The second-order valence-electron chi connectivity index (χ2n) is 8.30. The molecule has 0 fully saturated rings. The molecule has 8 heteroatoms. The molecule has 4 aromatic rings. The standard InChI is InChI=1S/C31H21BrCl2N2O3/c32-23-9-4-6-20(18-23)19-28(36-30(38)22-7-2-1-3-8-22)31(39)35-24-14-12-21(13-15-24)29(37)17-16-25-26(33)10-5-11-27(25)34/h1-19H,(H,35,39)(H,36,38)/b17-16+,28-19-. The number of ketones is 1. The van der Waals surface area contributed by atoms with Gasteiger partial charge >= 0.3 is 0 Å². The highest BCUT2D eigenvalue weighted by Crippen LogP contribution is 2.26. The molecule has 0 aliphatic heterocycles.